The lowest BCUT2D eigenvalue weighted by Crippen LogP contribution is -2.28. The number of hydrogen-bond donors (Lipinski definition) is 1. The summed E-state index contributed by atoms with van der Waals surface area (Å²) in [5.41, 5.74) is 0. The summed E-state index contributed by atoms with van der Waals surface area (Å²) in [5, 5.41) is 3.58. The lowest BCUT2D eigenvalue weighted by molar-refractivity contribution is 0.476. The molecule has 1 nitrogen and oxygen atoms in total. The Hall–Kier alpha value is 0.300. The van der Waals surface area contributed by atoms with Crippen LogP contribution in [-0.4, -0.2) is 18.1 Å². The van der Waals surface area contributed by atoms with Gasteiger partial charge in [-0.05, 0) is 44.4 Å². The molecule has 4 heteroatoms. The minimum atomic E-state index is 0.402. The molecule has 0 spiro atoms. The van der Waals surface area contributed by atoms with Crippen LogP contribution < -0.4 is 5.32 Å². The molecular weight excluding hydrogens is 246 g/mol. The summed E-state index contributed by atoms with van der Waals surface area (Å²) in [6, 6.07) is 5.03. The molecule has 0 amide bonds. The van der Waals surface area contributed by atoms with Crippen LogP contribution in [0.3, 0.4) is 0 Å². The van der Waals surface area contributed by atoms with Crippen LogP contribution in [0.5, 0.6) is 0 Å². The van der Waals surface area contributed by atoms with Crippen molar-refractivity contribution in [3.63, 3.8) is 0 Å². The Morgan fingerprint density at radius 1 is 1.47 bits per heavy atom. The fourth-order valence-corrected chi connectivity index (χ4v) is 3.11. The van der Waals surface area contributed by atoms with Crippen LogP contribution >= 0.6 is 34.7 Å². The van der Waals surface area contributed by atoms with E-state index < -0.39 is 0 Å². The van der Waals surface area contributed by atoms with Crippen LogP contribution in [0.15, 0.2) is 12.1 Å². The van der Waals surface area contributed by atoms with E-state index in [2.05, 4.69) is 31.5 Å². The average molecular weight is 264 g/mol. The van der Waals surface area contributed by atoms with Crippen LogP contribution in [0, 0.1) is 0 Å². The van der Waals surface area contributed by atoms with Gasteiger partial charge in [-0.2, -0.15) is 11.8 Å². The molecule has 2 atom stereocenters. The molecule has 1 rings (SSSR count). The van der Waals surface area contributed by atoms with Crippen molar-refractivity contribution in [2.45, 2.75) is 32.4 Å². The normalized spacial score (nSPS) is 15.2. The second kappa shape index (κ2) is 6.79. The van der Waals surface area contributed by atoms with Crippen LogP contribution in [-0.2, 0) is 0 Å². The zero-order valence-electron chi connectivity index (χ0n) is 9.42. The SMILES string of the molecule is CSCCC(C)NC(C)c1ccc(Cl)s1. The van der Waals surface area contributed by atoms with Crippen molar-refractivity contribution in [1.29, 1.82) is 0 Å². The molecule has 0 aromatic carbocycles. The lowest BCUT2D eigenvalue weighted by Gasteiger charge is -2.18. The first-order valence-electron chi connectivity index (χ1n) is 5.13. The zero-order valence-corrected chi connectivity index (χ0v) is 11.8. The maximum atomic E-state index is 5.91. The predicted molar refractivity (Wildman–Crippen MR) is 73.3 cm³/mol. The fourth-order valence-electron chi connectivity index (χ4n) is 1.45. The number of rotatable bonds is 6. The first-order chi connectivity index (χ1) is 7.13. The zero-order chi connectivity index (χ0) is 11.3. The van der Waals surface area contributed by atoms with Gasteiger partial charge in [0.25, 0.3) is 0 Å². The monoisotopic (exact) mass is 263 g/mol. The molecule has 1 N–H and O–H groups in total. The maximum Gasteiger partial charge on any atom is 0.0931 e. The Morgan fingerprint density at radius 2 is 2.20 bits per heavy atom. The average Bonchev–Trinajstić information content (AvgIpc) is 2.61. The third-order valence-electron chi connectivity index (χ3n) is 2.31. The first kappa shape index (κ1) is 13.4. The van der Waals surface area contributed by atoms with Gasteiger partial charge in [-0.3, -0.25) is 0 Å². The summed E-state index contributed by atoms with van der Waals surface area (Å²) in [4.78, 5) is 1.32. The van der Waals surface area contributed by atoms with E-state index in [9.17, 15) is 0 Å². The van der Waals surface area contributed by atoms with E-state index in [1.165, 1.54) is 17.1 Å². The van der Waals surface area contributed by atoms with Crippen molar-refractivity contribution in [3.8, 4) is 0 Å². The molecule has 0 aliphatic rings. The minimum Gasteiger partial charge on any atom is -0.307 e. The number of thioether (sulfide) groups is 1. The Morgan fingerprint density at radius 3 is 2.73 bits per heavy atom. The van der Waals surface area contributed by atoms with Crippen molar-refractivity contribution < 1.29 is 0 Å². The molecule has 1 aromatic rings. The summed E-state index contributed by atoms with van der Waals surface area (Å²) in [6.07, 6.45) is 3.36. The van der Waals surface area contributed by atoms with E-state index in [0.717, 1.165) is 4.34 Å². The van der Waals surface area contributed by atoms with Gasteiger partial charge in [0.1, 0.15) is 0 Å². The topological polar surface area (TPSA) is 12.0 Å². The van der Waals surface area contributed by atoms with E-state index in [1.54, 1.807) is 11.3 Å². The second-order valence-corrected chi connectivity index (χ2v) is 6.45. The highest BCUT2D eigenvalue weighted by Gasteiger charge is 2.10. The number of halogens is 1. The van der Waals surface area contributed by atoms with Crippen LogP contribution in [0.2, 0.25) is 4.34 Å². The molecule has 86 valence electrons. The van der Waals surface area contributed by atoms with Crippen molar-refractivity contribution >= 4 is 34.7 Å². The Bertz CT molecular complexity index is 288. The number of thiophene rings is 1. The maximum absolute atomic E-state index is 5.91. The highest BCUT2D eigenvalue weighted by Crippen LogP contribution is 2.27. The van der Waals surface area contributed by atoms with Gasteiger partial charge >= 0.3 is 0 Å². The summed E-state index contributed by atoms with van der Waals surface area (Å²) in [6.45, 7) is 4.43. The number of nitrogens with one attached hydrogen (secondary N) is 1. The van der Waals surface area contributed by atoms with Crippen LogP contribution in [0.25, 0.3) is 0 Å². The third-order valence-corrected chi connectivity index (χ3v) is 4.37. The summed E-state index contributed by atoms with van der Waals surface area (Å²) < 4.78 is 0.871. The summed E-state index contributed by atoms with van der Waals surface area (Å²) in [5.74, 6) is 1.21. The van der Waals surface area contributed by atoms with Gasteiger partial charge in [-0.1, -0.05) is 11.6 Å². The Kier molecular flexibility index (Phi) is 6.05. The molecule has 1 heterocycles. The van der Waals surface area contributed by atoms with Gasteiger partial charge in [0.2, 0.25) is 0 Å². The fraction of sp³-hybridized carbons (Fsp3) is 0.636. The quantitative estimate of drug-likeness (QED) is 0.826. The molecule has 1 aromatic heterocycles. The van der Waals surface area contributed by atoms with E-state index in [4.69, 9.17) is 11.6 Å². The third kappa shape index (κ3) is 4.77. The van der Waals surface area contributed by atoms with Gasteiger partial charge in [-0.25, -0.2) is 0 Å². The first-order valence-corrected chi connectivity index (χ1v) is 7.72. The van der Waals surface area contributed by atoms with Crippen molar-refractivity contribution in [2.75, 3.05) is 12.0 Å². The summed E-state index contributed by atoms with van der Waals surface area (Å²) >= 11 is 9.47. The molecular formula is C11H18ClNS2. The van der Waals surface area contributed by atoms with E-state index in [0.29, 0.717) is 12.1 Å². The number of hydrogen-bond acceptors (Lipinski definition) is 3. The predicted octanol–water partition coefficient (Wildman–Crippen LogP) is 4.19. The van der Waals surface area contributed by atoms with Crippen molar-refractivity contribution in [2.24, 2.45) is 0 Å². The molecule has 0 saturated heterocycles. The lowest BCUT2D eigenvalue weighted by atomic mass is 10.2. The Labute approximate surface area is 106 Å². The van der Waals surface area contributed by atoms with Crippen molar-refractivity contribution in [1.82, 2.24) is 5.32 Å². The Balaban J connectivity index is 2.38. The summed E-state index contributed by atoms with van der Waals surface area (Å²) in [7, 11) is 0. The molecule has 0 saturated carbocycles. The van der Waals surface area contributed by atoms with Crippen molar-refractivity contribution in [3.05, 3.63) is 21.3 Å². The van der Waals surface area contributed by atoms with E-state index in [-0.39, 0.29) is 0 Å². The largest absolute Gasteiger partial charge is 0.307 e. The molecule has 0 aliphatic heterocycles. The van der Waals surface area contributed by atoms with E-state index in [1.807, 2.05) is 17.8 Å². The molecule has 0 bridgehead atoms. The van der Waals surface area contributed by atoms with Crippen LogP contribution in [0.4, 0.5) is 0 Å². The van der Waals surface area contributed by atoms with Gasteiger partial charge in [-0.15, -0.1) is 11.3 Å². The van der Waals surface area contributed by atoms with Crippen LogP contribution in [0.1, 0.15) is 31.2 Å². The molecule has 15 heavy (non-hydrogen) atoms. The van der Waals surface area contributed by atoms with Gasteiger partial charge in [0.05, 0.1) is 4.34 Å². The molecule has 0 radical (unpaired) electrons. The molecule has 2 unspecified atom stereocenters. The smallest absolute Gasteiger partial charge is 0.0931 e. The molecule has 0 aliphatic carbocycles. The van der Waals surface area contributed by atoms with Gasteiger partial charge < -0.3 is 5.32 Å². The highest BCUT2D eigenvalue weighted by molar-refractivity contribution is 7.98. The van der Waals surface area contributed by atoms with Gasteiger partial charge in [0, 0.05) is 17.0 Å². The standard InChI is InChI=1S/C11H18ClNS2/c1-8(6-7-14-3)13-9(2)10-4-5-11(12)15-10/h4-5,8-9,13H,6-7H2,1-3H3. The van der Waals surface area contributed by atoms with Gasteiger partial charge in [0.15, 0.2) is 0 Å². The second-order valence-electron chi connectivity index (χ2n) is 3.71. The molecule has 0 fully saturated rings. The van der Waals surface area contributed by atoms with E-state index >= 15 is 0 Å². The highest BCUT2D eigenvalue weighted by atomic mass is 35.5. The minimum absolute atomic E-state index is 0.402.